The third-order valence-electron chi connectivity index (χ3n) is 5.40. The summed E-state index contributed by atoms with van der Waals surface area (Å²) in [5.41, 5.74) is 5.42. The van der Waals surface area contributed by atoms with Gasteiger partial charge in [0, 0.05) is 63.9 Å². The van der Waals surface area contributed by atoms with Crippen molar-refractivity contribution in [2.24, 2.45) is 0 Å². The van der Waals surface area contributed by atoms with Crippen molar-refractivity contribution in [2.45, 2.75) is 19.6 Å². The van der Waals surface area contributed by atoms with Crippen LogP contribution in [0.4, 0.5) is 5.69 Å². The van der Waals surface area contributed by atoms with Crippen LogP contribution in [-0.4, -0.2) is 36.1 Å². The third kappa shape index (κ3) is 4.97. The Morgan fingerprint density at radius 3 is 2.14 bits per heavy atom. The van der Waals surface area contributed by atoms with Crippen LogP contribution in [0.2, 0.25) is 0 Å². The smallest absolute Gasteiger partial charge is 0.0367 e. The minimum Gasteiger partial charge on any atom is -0.369 e. The van der Waals surface area contributed by atoms with Crippen molar-refractivity contribution in [3.05, 3.63) is 95.8 Å². The van der Waals surface area contributed by atoms with Crippen molar-refractivity contribution in [1.82, 2.24) is 15.2 Å². The lowest BCUT2D eigenvalue weighted by Gasteiger charge is -2.36. The number of aromatic nitrogens is 1. The number of hydrogen-bond donors (Lipinski definition) is 1. The van der Waals surface area contributed by atoms with Gasteiger partial charge in [0.25, 0.3) is 0 Å². The number of anilines is 1. The van der Waals surface area contributed by atoms with Crippen LogP contribution in [0, 0.1) is 0 Å². The van der Waals surface area contributed by atoms with E-state index in [1.807, 2.05) is 12.4 Å². The molecule has 3 aromatic rings. The molecule has 0 saturated carbocycles. The molecule has 4 nitrogen and oxygen atoms in total. The molecule has 0 atom stereocenters. The van der Waals surface area contributed by atoms with Gasteiger partial charge >= 0.3 is 0 Å². The van der Waals surface area contributed by atoms with E-state index in [0.29, 0.717) is 0 Å². The van der Waals surface area contributed by atoms with Crippen molar-refractivity contribution < 1.29 is 0 Å². The van der Waals surface area contributed by atoms with Gasteiger partial charge < -0.3 is 10.2 Å². The second kappa shape index (κ2) is 9.49. The van der Waals surface area contributed by atoms with E-state index in [1.165, 1.54) is 22.4 Å². The van der Waals surface area contributed by atoms with Gasteiger partial charge in [0.2, 0.25) is 0 Å². The first-order valence-electron chi connectivity index (χ1n) is 10.1. The van der Waals surface area contributed by atoms with E-state index in [0.717, 1.165) is 45.8 Å². The number of piperazine rings is 1. The average molecular weight is 373 g/mol. The van der Waals surface area contributed by atoms with E-state index in [-0.39, 0.29) is 0 Å². The number of hydrogen-bond acceptors (Lipinski definition) is 4. The Hall–Kier alpha value is -2.69. The summed E-state index contributed by atoms with van der Waals surface area (Å²) in [5.74, 6) is 0. The van der Waals surface area contributed by atoms with Gasteiger partial charge in [-0.25, -0.2) is 0 Å². The second-order valence-electron chi connectivity index (χ2n) is 7.33. The van der Waals surface area contributed by atoms with Crippen molar-refractivity contribution in [2.75, 3.05) is 31.1 Å². The highest BCUT2D eigenvalue weighted by Crippen LogP contribution is 2.18. The molecule has 1 fully saturated rings. The molecule has 0 bridgehead atoms. The van der Waals surface area contributed by atoms with Crippen molar-refractivity contribution >= 4 is 5.69 Å². The summed E-state index contributed by atoms with van der Waals surface area (Å²) in [6.45, 7) is 7.17. The molecule has 0 radical (unpaired) electrons. The lowest BCUT2D eigenvalue weighted by Crippen LogP contribution is -2.46. The highest BCUT2D eigenvalue weighted by Gasteiger charge is 2.17. The SMILES string of the molecule is c1ccc(N2CCN(Cc3ccccc3CNCc3ccncc3)CC2)cc1. The standard InChI is InChI=1S/C24H28N4/c1-2-8-24(9-3-1)28-16-14-27(15-17-28)20-23-7-5-4-6-22(23)19-26-18-21-10-12-25-13-11-21/h1-13,26H,14-20H2. The summed E-state index contributed by atoms with van der Waals surface area (Å²) in [4.78, 5) is 9.13. The molecule has 1 aliphatic rings. The van der Waals surface area contributed by atoms with E-state index < -0.39 is 0 Å². The van der Waals surface area contributed by atoms with Gasteiger partial charge in [-0.1, -0.05) is 42.5 Å². The number of nitrogens with zero attached hydrogens (tertiary/aromatic N) is 3. The minimum atomic E-state index is 0.868. The number of para-hydroxylation sites is 1. The molecule has 144 valence electrons. The van der Waals surface area contributed by atoms with E-state index in [9.17, 15) is 0 Å². The molecule has 28 heavy (non-hydrogen) atoms. The van der Waals surface area contributed by atoms with Crippen LogP contribution >= 0.6 is 0 Å². The van der Waals surface area contributed by atoms with Crippen LogP contribution in [-0.2, 0) is 19.6 Å². The topological polar surface area (TPSA) is 31.4 Å². The first kappa shape index (κ1) is 18.7. The Labute approximate surface area is 167 Å². The summed E-state index contributed by atoms with van der Waals surface area (Å²) in [5, 5.41) is 3.57. The molecule has 1 aromatic heterocycles. The van der Waals surface area contributed by atoms with Crippen LogP contribution in [0.3, 0.4) is 0 Å². The van der Waals surface area contributed by atoms with Crippen molar-refractivity contribution in [1.29, 1.82) is 0 Å². The largest absolute Gasteiger partial charge is 0.369 e. The molecule has 1 N–H and O–H groups in total. The highest BCUT2D eigenvalue weighted by molar-refractivity contribution is 5.46. The van der Waals surface area contributed by atoms with Crippen molar-refractivity contribution in [3.63, 3.8) is 0 Å². The Morgan fingerprint density at radius 1 is 0.714 bits per heavy atom. The van der Waals surface area contributed by atoms with E-state index in [2.05, 4.69) is 86.8 Å². The Balaban J connectivity index is 1.30. The van der Waals surface area contributed by atoms with E-state index >= 15 is 0 Å². The molecular formula is C24H28N4. The zero-order chi connectivity index (χ0) is 19.0. The van der Waals surface area contributed by atoms with Gasteiger partial charge in [-0.3, -0.25) is 9.88 Å². The molecule has 0 spiro atoms. The van der Waals surface area contributed by atoms with Gasteiger partial charge in [0.15, 0.2) is 0 Å². The van der Waals surface area contributed by atoms with Gasteiger partial charge in [0.05, 0.1) is 0 Å². The van der Waals surface area contributed by atoms with Gasteiger partial charge in [0.1, 0.15) is 0 Å². The number of rotatable bonds is 7. The van der Waals surface area contributed by atoms with Crippen LogP contribution in [0.1, 0.15) is 16.7 Å². The Bertz CT molecular complexity index is 843. The normalized spacial score (nSPS) is 14.9. The molecule has 0 aliphatic carbocycles. The van der Waals surface area contributed by atoms with E-state index in [4.69, 9.17) is 0 Å². The molecule has 0 unspecified atom stereocenters. The Morgan fingerprint density at radius 2 is 1.39 bits per heavy atom. The monoisotopic (exact) mass is 372 g/mol. The summed E-state index contributed by atoms with van der Waals surface area (Å²) >= 11 is 0. The molecule has 2 heterocycles. The van der Waals surface area contributed by atoms with Crippen LogP contribution in [0.5, 0.6) is 0 Å². The lowest BCUT2D eigenvalue weighted by molar-refractivity contribution is 0.249. The molecule has 1 aliphatic heterocycles. The van der Waals surface area contributed by atoms with Crippen molar-refractivity contribution in [3.8, 4) is 0 Å². The maximum atomic E-state index is 4.08. The fraction of sp³-hybridized carbons (Fsp3) is 0.292. The maximum absolute atomic E-state index is 4.08. The first-order valence-corrected chi connectivity index (χ1v) is 10.1. The zero-order valence-corrected chi connectivity index (χ0v) is 16.3. The first-order chi connectivity index (χ1) is 13.9. The second-order valence-corrected chi connectivity index (χ2v) is 7.33. The van der Waals surface area contributed by atoms with Crippen LogP contribution < -0.4 is 10.2 Å². The summed E-state index contributed by atoms with van der Waals surface area (Å²) in [7, 11) is 0. The van der Waals surface area contributed by atoms with Gasteiger partial charge in [-0.2, -0.15) is 0 Å². The molecule has 0 amide bonds. The maximum Gasteiger partial charge on any atom is 0.0367 e. The summed E-state index contributed by atoms with van der Waals surface area (Å²) in [6, 6.07) is 23.7. The summed E-state index contributed by atoms with van der Waals surface area (Å²) in [6.07, 6.45) is 3.69. The zero-order valence-electron chi connectivity index (χ0n) is 16.3. The molecule has 2 aromatic carbocycles. The van der Waals surface area contributed by atoms with Crippen LogP contribution in [0.15, 0.2) is 79.1 Å². The van der Waals surface area contributed by atoms with E-state index in [1.54, 1.807) is 0 Å². The lowest BCUT2D eigenvalue weighted by atomic mass is 10.1. The predicted octanol–water partition coefficient (Wildman–Crippen LogP) is 3.69. The van der Waals surface area contributed by atoms with Gasteiger partial charge in [-0.05, 0) is 41.0 Å². The number of pyridine rings is 1. The van der Waals surface area contributed by atoms with Gasteiger partial charge in [-0.15, -0.1) is 0 Å². The number of nitrogens with one attached hydrogen (secondary N) is 1. The molecule has 1 saturated heterocycles. The molecule has 4 rings (SSSR count). The predicted molar refractivity (Wildman–Crippen MR) is 115 cm³/mol. The van der Waals surface area contributed by atoms with Crippen LogP contribution in [0.25, 0.3) is 0 Å². The Kier molecular flexibility index (Phi) is 6.32. The summed E-state index contributed by atoms with van der Waals surface area (Å²) < 4.78 is 0. The fourth-order valence-corrected chi connectivity index (χ4v) is 3.77. The fourth-order valence-electron chi connectivity index (χ4n) is 3.77. The molecule has 4 heteroatoms. The molecular weight excluding hydrogens is 344 g/mol. The minimum absolute atomic E-state index is 0.868. The highest BCUT2D eigenvalue weighted by atomic mass is 15.3. The third-order valence-corrected chi connectivity index (χ3v) is 5.40. The number of benzene rings is 2. The average Bonchev–Trinajstić information content (AvgIpc) is 2.77. The quantitative estimate of drug-likeness (QED) is 0.685.